The van der Waals surface area contributed by atoms with Crippen LogP contribution in [0.25, 0.3) is 0 Å². The van der Waals surface area contributed by atoms with Crippen LogP contribution in [0.15, 0.2) is 0 Å². The van der Waals surface area contributed by atoms with Gasteiger partial charge in [-0.3, -0.25) is 4.79 Å². The quantitative estimate of drug-likeness (QED) is 0.633. The molecule has 66 valence electrons. The summed E-state index contributed by atoms with van der Waals surface area (Å²) in [5.41, 5.74) is 4.13. The molecule has 0 aliphatic heterocycles. The van der Waals surface area contributed by atoms with Crippen molar-refractivity contribution in [1.82, 2.24) is 0 Å². The van der Waals surface area contributed by atoms with Crippen LogP contribution in [0.5, 0.6) is 0 Å². The molecule has 0 radical (unpaired) electrons. The molecule has 1 unspecified atom stereocenters. The minimum Gasteiger partial charge on any atom is -0.390 e. The van der Waals surface area contributed by atoms with E-state index in [0.29, 0.717) is 6.42 Å². The van der Waals surface area contributed by atoms with Gasteiger partial charge in [0.25, 0.3) is 0 Å². The van der Waals surface area contributed by atoms with Crippen molar-refractivity contribution in [2.75, 3.05) is 0 Å². The molecule has 3 N–H and O–H groups in total. The zero-order chi connectivity index (χ0) is 9.07. The van der Waals surface area contributed by atoms with Gasteiger partial charge in [0.15, 0.2) is 0 Å². The molecule has 0 aliphatic rings. The average molecular weight is 159 g/mol. The summed E-state index contributed by atoms with van der Waals surface area (Å²) in [4.78, 5) is 10.8. The Kier molecular flexibility index (Phi) is 3.52. The van der Waals surface area contributed by atoms with E-state index >= 15 is 0 Å². The number of hydrogen-bond donors (Lipinski definition) is 2. The predicted octanol–water partition coefficient (Wildman–Crippen LogP) is 0.659. The van der Waals surface area contributed by atoms with Crippen LogP contribution in [0, 0.1) is 5.92 Å². The fraction of sp³-hybridized carbons (Fsp3) is 0.875. The van der Waals surface area contributed by atoms with Gasteiger partial charge in [0.2, 0.25) is 5.91 Å². The van der Waals surface area contributed by atoms with Crippen LogP contribution in [0.3, 0.4) is 0 Å². The molecular weight excluding hydrogens is 142 g/mol. The molecule has 1 atom stereocenters. The summed E-state index contributed by atoms with van der Waals surface area (Å²) in [6.07, 6.45) is 1.51. The summed E-state index contributed by atoms with van der Waals surface area (Å²) in [6.45, 7) is 5.18. The Bertz CT molecular complexity index is 138. The van der Waals surface area contributed by atoms with Gasteiger partial charge in [-0.2, -0.15) is 0 Å². The highest BCUT2D eigenvalue weighted by Gasteiger charge is 2.30. The van der Waals surface area contributed by atoms with Gasteiger partial charge < -0.3 is 10.8 Å². The summed E-state index contributed by atoms with van der Waals surface area (Å²) in [5.74, 6) is -0.841. The molecule has 0 spiro atoms. The molecule has 0 rings (SSSR count). The van der Waals surface area contributed by atoms with E-state index in [0.717, 1.165) is 6.42 Å². The van der Waals surface area contributed by atoms with Crippen molar-refractivity contribution in [1.29, 1.82) is 0 Å². The van der Waals surface area contributed by atoms with E-state index in [4.69, 9.17) is 5.73 Å². The predicted molar refractivity (Wildman–Crippen MR) is 43.9 cm³/mol. The maximum atomic E-state index is 10.8. The van der Waals surface area contributed by atoms with E-state index < -0.39 is 17.4 Å². The smallest absolute Gasteiger partial charge is 0.223 e. The first kappa shape index (κ1) is 10.4. The Hall–Kier alpha value is -0.570. The maximum Gasteiger partial charge on any atom is 0.223 e. The first-order valence-electron chi connectivity index (χ1n) is 3.91. The molecule has 0 saturated carbocycles. The highest BCUT2D eigenvalue weighted by atomic mass is 16.3. The van der Waals surface area contributed by atoms with Gasteiger partial charge in [-0.05, 0) is 20.3 Å². The molecular formula is C8H17NO2. The molecule has 0 aromatic carbocycles. The lowest BCUT2D eigenvalue weighted by molar-refractivity contribution is -0.129. The van der Waals surface area contributed by atoms with E-state index in [2.05, 4.69) is 0 Å². The van der Waals surface area contributed by atoms with Crippen LogP contribution < -0.4 is 5.73 Å². The number of rotatable bonds is 4. The fourth-order valence-electron chi connectivity index (χ4n) is 1.13. The zero-order valence-electron chi connectivity index (χ0n) is 7.42. The van der Waals surface area contributed by atoms with E-state index in [1.807, 2.05) is 6.92 Å². The Morgan fingerprint density at radius 1 is 1.64 bits per heavy atom. The van der Waals surface area contributed by atoms with E-state index in [1.54, 1.807) is 13.8 Å². The molecule has 0 fully saturated rings. The van der Waals surface area contributed by atoms with Crippen molar-refractivity contribution in [3.63, 3.8) is 0 Å². The summed E-state index contributed by atoms with van der Waals surface area (Å²) >= 11 is 0. The molecule has 0 aliphatic carbocycles. The number of amides is 1. The molecule has 3 nitrogen and oxygen atoms in total. The van der Waals surface area contributed by atoms with Crippen LogP contribution in [0.1, 0.15) is 33.6 Å². The SMILES string of the molecule is CCCC(C(N)=O)C(C)(C)O. The van der Waals surface area contributed by atoms with Gasteiger partial charge in [-0.15, -0.1) is 0 Å². The normalized spacial score (nSPS) is 14.5. The van der Waals surface area contributed by atoms with Crippen molar-refractivity contribution < 1.29 is 9.90 Å². The summed E-state index contributed by atoms with van der Waals surface area (Å²) in [7, 11) is 0. The number of hydrogen-bond acceptors (Lipinski definition) is 2. The van der Waals surface area contributed by atoms with Crippen LogP contribution in [-0.4, -0.2) is 16.6 Å². The van der Waals surface area contributed by atoms with Crippen molar-refractivity contribution in [2.45, 2.75) is 39.2 Å². The molecule has 0 heterocycles. The lowest BCUT2D eigenvalue weighted by atomic mass is 9.87. The van der Waals surface area contributed by atoms with Crippen LogP contribution in [0.2, 0.25) is 0 Å². The third-order valence-electron chi connectivity index (χ3n) is 1.77. The van der Waals surface area contributed by atoms with Crippen LogP contribution in [-0.2, 0) is 4.79 Å². The largest absolute Gasteiger partial charge is 0.390 e. The lowest BCUT2D eigenvalue weighted by Gasteiger charge is -2.25. The molecule has 0 bridgehead atoms. The van der Waals surface area contributed by atoms with Crippen molar-refractivity contribution in [3.8, 4) is 0 Å². The van der Waals surface area contributed by atoms with Gasteiger partial charge in [0.1, 0.15) is 0 Å². The Balaban J connectivity index is 4.22. The Labute approximate surface area is 67.6 Å². The molecule has 0 aromatic heterocycles. The highest BCUT2D eigenvalue weighted by Crippen LogP contribution is 2.20. The van der Waals surface area contributed by atoms with Gasteiger partial charge in [0.05, 0.1) is 11.5 Å². The molecule has 1 amide bonds. The monoisotopic (exact) mass is 159 g/mol. The number of aliphatic hydroxyl groups is 1. The van der Waals surface area contributed by atoms with Gasteiger partial charge in [-0.25, -0.2) is 0 Å². The highest BCUT2D eigenvalue weighted by molar-refractivity contribution is 5.77. The second-order valence-electron chi connectivity index (χ2n) is 3.40. The van der Waals surface area contributed by atoms with Gasteiger partial charge in [0, 0.05) is 0 Å². The first-order chi connectivity index (χ1) is 4.89. The van der Waals surface area contributed by atoms with Crippen molar-refractivity contribution >= 4 is 5.91 Å². The Morgan fingerprint density at radius 2 is 2.09 bits per heavy atom. The minimum atomic E-state index is -0.984. The first-order valence-corrected chi connectivity index (χ1v) is 3.91. The third kappa shape index (κ3) is 3.37. The zero-order valence-corrected chi connectivity index (χ0v) is 7.42. The summed E-state index contributed by atoms with van der Waals surface area (Å²) < 4.78 is 0. The fourth-order valence-corrected chi connectivity index (χ4v) is 1.13. The lowest BCUT2D eigenvalue weighted by Crippen LogP contribution is -2.40. The van der Waals surface area contributed by atoms with E-state index in [9.17, 15) is 9.90 Å². The second kappa shape index (κ2) is 3.72. The van der Waals surface area contributed by atoms with E-state index in [1.165, 1.54) is 0 Å². The molecule has 11 heavy (non-hydrogen) atoms. The molecule has 0 aromatic rings. The van der Waals surface area contributed by atoms with Crippen molar-refractivity contribution in [2.24, 2.45) is 11.7 Å². The van der Waals surface area contributed by atoms with Crippen LogP contribution in [0.4, 0.5) is 0 Å². The standard InChI is InChI=1S/C8H17NO2/c1-4-5-6(7(9)10)8(2,3)11/h6,11H,4-5H2,1-3H3,(H2,9,10). The molecule has 3 heteroatoms. The van der Waals surface area contributed by atoms with E-state index in [-0.39, 0.29) is 0 Å². The number of primary amides is 1. The Morgan fingerprint density at radius 3 is 2.18 bits per heavy atom. The number of carbonyl (C=O) groups is 1. The maximum absolute atomic E-state index is 10.8. The number of nitrogens with two attached hydrogens (primary N) is 1. The van der Waals surface area contributed by atoms with Gasteiger partial charge in [-0.1, -0.05) is 13.3 Å². The topological polar surface area (TPSA) is 63.3 Å². The minimum absolute atomic E-state index is 0.417. The van der Waals surface area contributed by atoms with Crippen LogP contribution >= 0.6 is 0 Å². The van der Waals surface area contributed by atoms with Gasteiger partial charge >= 0.3 is 0 Å². The second-order valence-corrected chi connectivity index (χ2v) is 3.40. The van der Waals surface area contributed by atoms with Crippen molar-refractivity contribution in [3.05, 3.63) is 0 Å². The average Bonchev–Trinajstić information content (AvgIpc) is 1.79. The summed E-state index contributed by atoms with van der Waals surface area (Å²) in [5, 5.41) is 9.48. The molecule has 0 saturated heterocycles. The summed E-state index contributed by atoms with van der Waals surface area (Å²) in [6, 6.07) is 0. The number of carbonyl (C=O) groups excluding carboxylic acids is 1. The third-order valence-corrected chi connectivity index (χ3v) is 1.77.